The molecule has 0 aliphatic carbocycles. The fourth-order valence-electron chi connectivity index (χ4n) is 2.12. The molecule has 0 aliphatic rings. The van der Waals surface area contributed by atoms with Gasteiger partial charge in [0.1, 0.15) is 16.5 Å². The van der Waals surface area contributed by atoms with E-state index >= 15 is 0 Å². The highest BCUT2D eigenvalue weighted by atomic mass is 35.5. The number of hydrogen-bond donors (Lipinski definition) is 0. The second kappa shape index (κ2) is 7.06. The van der Waals surface area contributed by atoms with Gasteiger partial charge in [0.2, 0.25) is 0 Å². The summed E-state index contributed by atoms with van der Waals surface area (Å²) in [5.41, 5.74) is 2.16. The molecular formula is C17H13ClFN3S. The minimum Gasteiger partial charge on any atom is -0.224 e. The van der Waals surface area contributed by atoms with Crippen LogP contribution < -0.4 is 0 Å². The molecule has 0 spiro atoms. The lowest BCUT2D eigenvalue weighted by Gasteiger charge is -2.08. The van der Waals surface area contributed by atoms with Crippen molar-refractivity contribution in [3.63, 3.8) is 0 Å². The Labute approximate surface area is 142 Å². The van der Waals surface area contributed by atoms with E-state index in [1.807, 2.05) is 25.1 Å². The van der Waals surface area contributed by atoms with Crippen LogP contribution in [0.5, 0.6) is 0 Å². The van der Waals surface area contributed by atoms with Crippen molar-refractivity contribution < 1.29 is 4.39 Å². The standard InChI is InChI=1S/C17H13ClFN3S/c1-2-23-17-15(11-5-3-7-13(18)9-11)20-16(21-22-17)12-6-4-8-14(19)10-12/h3-10H,2H2,1H3. The molecule has 0 bridgehead atoms. The SMILES string of the molecule is CCSc1nnc(-c2cccc(F)c2)nc1-c1cccc(Cl)c1. The summed E-state index contributed by atoms with van der Waals surface area (Å²) in [5, 5.41) is 9.76. The lowest BCUT2D eigenvalue weighted by molar-refractivity contribution is 0.628. The van der Waals surface area contributed by atoms with E-state index in [2.05, 4.69) is 15.2 Å². The summed E-state index contributed by atoms with van der Waals surface area (Å²) in [5.74, 6) is 0.908. The third-order valence-electron chi connectivity index (χ3n) is 3.12. The average molecular weight is 346 g/mol. The first-order valence-electron chi connectivity index (χ1n) is 7.07. The Morgan fingerprint density at radius 3 is 2.57 bits per heavy atom. The van der Waals surface area contributed by atoms with Gasteiger partial charge in [0.15, 0.2) is 5.82 Å². The Hall–Kier alpha value is -1.98. The van der Waals surface area contributed by atoms with Gasteiger partial charge < -0.3 is 0 Å². The molecule has 2 aromatic carbocycles. The smallest absolute Gasteiger partial charge is 0.182 e. The van der Waals surface area contributed by atoms with Crippen LogP contribution >= 0.6 is 23.4 Å². The minimum atomic E-state index is -0.331. The topological polar surface area (TPSA) is 38.7 Å². The first-order chi connectivity index (χ1) is 11.2. The van der Waals surface area contributed by atoms with Gasteiger partial charge in [-0.3, -0.25) is 0 Å². The number of thioether (sulfide) groups is 1. The summed E-state index contributed by atoms with van der Waals surface area (Å²) in [6.07, 6.45) is 0. The van der Waals surface area contributed by atoms with Crippen molar-refractivity contribution in [1.82, 2.24) is 15.2 Å². The average Bonchev–Trinajstić information content (AvgIpc) is 2.55. The maximum atomic E-state index is 13.4. The quantitative estimate of drug-likeness (QED) is 0.616. The normalized spacial score (nSPS) is 10.7. The van der Waals surface area contributed by atoms with Crippen LogP contribution in [0.15, 0.2) is 53.6 Å². The predicted octanol–water partition coefficient (Wildman–Crippen LogP) is 5.11. The summed E-state index contributed by atoms with van der Waals surface area (Å²) in [6, 6.07) is 13.6. The molecule has 6 heteroatoms. The number of aromatic nitrogens is 3. The van der Waals surface area contributed by atoms with Gasteiger partial charge in [0, 0.05) is 16.1 Å². The molecule has 0 N–H and O–H groups in total. The van der Waals surface area contributed by atoms with Gasteiger partial charge in [0.25, 0.3) is 0 Å². The lowest BCUT2D eigenvalue weighted by atomic mass is 10.1. The van der Waals surface area contributed by atoms with Crippen molar-refractivity contribution in [2.75, 3.05) is 5.75 Å². The van der Waals surface area contributed by atoms with E-state index in [1.165, 1.54) is 12.1 Å². The Morgan fingerprint density at radius 1 is 1.04 bits per heavy atom. The number of hydrogen-bond acceptors (Lipinski definition) is 4. The summed E-state index contributed by atoms with van der Waals surface area (Å²) in [7, 11) is 0. The summed E-state index contributed by atoms with van der Waals surface area (Å²) >= 11 is 7.64. The van der Waals surface area contributed by atoms with Gasteiger partial charge in [0.05, 0.1) is 0 Å². The largest absolute Gasteiger partial charge is 0.224 e. The highest BCUT2D eigenvalue weighted by Gasteiger charge is 2.13. The number of nitrogens with zero attached hydrogens (tertiary/aromatic N) is 3. The molecule has 0 unspecified atom stereocenters. The zero-order chi connectivity index (χ0) is 16.2. The molecule has 3 rings (SSSR count). The molecule has 0 aliphatic heterocycles. The Morgan fingerprint density at radius 2 is 1.83 bits per heavy atom. The fourth-order valence-corrected chi connectivity index (χ4v) is 2.99. The van der Waals surface area contributed by atoms with E-state index in [1.54, 1.807) is 30.0 Å². The van der Waals surface area contributed by atoms with Gasteiger partial charge >= 0.3 is 0 Å². The van der Waals surface area contributed by atoms with Crippen LogP contribution in [0.4, 0.5) is 4.39 Å². The lowest BCUT2D eigenvalue weighted by Crippen LogP contribution is -1.99. The molecule has 0 amide bonds. The summed E-state index contributed by atoms with van der Waals surface area (Å²) < 4.78 is 13.4. The molecule has 3 aromatic rings. The van der Waals surface area contributed by atoms with Crippen LogP contribution in [0.3, 0.4) is 0 Å². The van der Waals surface area contributed by atoms with E-state index < -0.39 is 0 Å². The molecule has 0 saturated heterocycles. The van der Waals surface area contributed by atoms with Crippen molar-refractivity contribution in [3.05, 3.63) is 59.4 Å². The van der Waals surface area contributed by atoms with Crippen LogP contribution in [0.25, 0.3) is 22.6 Å². The second-order valence-electron chi connectivity index (χ2n) is 4.74. The van der Waals surface area contributed by atoms with Crippen molar-refractivity contribution in [3.8, 4) is 22.6 Å². The van der Waals surface area contributed by atoms with E-state index in [0.717, 1.165) is 16.3 Å². The van der Waals surface area contributed by atoms with Crippen LogP contribution in [0, 0.1) is 5.82 Å². The monoisotopic (exact) mass is 345 g/mol. The van der Waals surface area contributed by atoms with Crippen molar-refractivity contribution in [2.24, 2.45) is 0 Å². The van der Waals surface area contributed by atoms with Crippen LogP contribution in [0.2, 0.25) is 5.02 Å². The van der Waals surface area contributed by atoms with E-state index in [4.69, 9.17) is 11.6 Å². The van der Waals surface area contributed by atoms with Crippen LogP contribution in [-0.4, -0.2) is 20.9 Å². The molecule has 23 heavy (non-hydrogen) atoms. The highest BCUT2D eigenvalue weighted by Crippen LogP contribution is 2.30. The Balaban J connectivity index is 2.13. The van der Waals surface area contributed by atoms with Crippen LogP contribution in [0.1, 0.15) is 6.92 Å². The van der Waals surface area contributed by atoms with Gasteiger partial charge in [-0.15, -0.1) is 22.0 Å². The molecule has 0 radical (unpaired) electrons. The Bertz CT molecular complexity index is 842. The van der Waals surface area contributed by atoms with E-state index in [9.17, 15) is 4.39 Å². The van der Waals surface area contributed by atoms with E-state index in [0.29, 0.717) is 22.1 Å². The molecule has 1 heterocycles. The number of benzene rings is 2. The van der Waals surface area contributed by atoms with Crippen molar-refractivity contribution >= 4 is 23.4 Å². The molecule has 0 atom stereocenters. The zero-order valence-electron chi connectivity index (χ0n) is 12.3. The number of rotatable bonds is 4. The van der Waals surface area contributed by atoms with Gasteiger partial charge in [-0.2, -0.15) is 0 Å². The van der Waals surface area contributed by atoms with Gasteiger partial charge in [-0.25, -0.2) is 9.37 Å². The third-order valence-corrected chi connectivity index (χ3v) is 4.19. The predicted molar refractivity (Wildman–Crippen MR) is 92.1 cm³/mol. The van der Waals surface area contributed by atoms with Crippen LogP contribution in [-0.2, 0) is 0 Å². The third kappa shape index (κ3) is 3.68. The van der Waals surface area contributed by atoms with Gasteiger partial charge in [-0.1, -0.05) is 42.8 Å². The first kappa shape index (κ1) is 15.9. The molecule has 1 aromatic heterocycles. The number of halogens is 2. The molecule has 0 saturated carbocycles. The summed E-state index contributed by atoms with van der Waals surface area (Å²) in [6.45, 7) is 2.04. The first-order valence-corrected chi connectivity index (χ1v) is 8.43. The second-order valence-corrected chi connectivity index (χ2v) is 6.43. The van der Waals surface area contributed by atoms with Gasteiger partial charge in [-0.05, 0) is 30.0 Å². The fraction of sp³-hybridized carbons (Fsp3) is 0.118. The molecule has 3 nitrogen and oxygen atoms in total. The molecule has 116 valence electrons. The Kier molecular flexibility index (Phi) is 4.88. The van der Waals surface area contributed by atoms with E-state index in [-0.39, 0.29) is 5.82 Å². The molecule has 0 fully saturated rings. The minimum absolute atomic E-state index is 0.331. The summed E-state index contributed by atoms with van der Waals surface area (Å²) in [4.78, 5) is 4.59. The molecular weight excluding hydrogens is 333 g/mol. The highest BCUT2D eigenvalue weighted by molar-refractivity contribution is 7.99. The van der Waals surface area contributed by atoms with Crippen molar-refractivity contribution in [1.29, 1.82) is 0 Å². The maximum absolute atomic E-state index is 13.4. The van der Waals surface area contributed by atoms with Crippen molar-refractivity contribution in [2.45, 2.75) is 11.9 Å². The zero-order valence-corrected chi connectivity index (χ0v) is 13.9. The maximum Gasteiger partial charge on any atom is 0.182 e.